The van der Waals surface area contributed by atoms with Gasteiger partial charge >= 0.3 is 0 Å². The topological polar surface area (TPSA) is 46.2 Å². The molecule has 3 nitrogen and oxygen atoms in total. The second kappa shape index (κ2) is 6.33. The van der Waals surface area contributed by atoms with Gasteiger partial charge in [0.1, 0.15) is 0 Å². The maximum Gasteiger partial charge on any atom is 0.225 e. The molecule has 0 aliphatic carbocycles. The van der Waals surface area contributed by atoms with Gasteiger partial charge in [-0.25, -0.2) is 0 Å². The van der Waals surface area contributed by atoms with Crippen LogP contribution in [0.4, 0.5) is 5.69 Å². The van der Waals surface area contributed by atoms with Crippen molar-refractivity contribution in [3.8, 4) is 0 Å². The SMILES string of the molecule is CSCCC(=O)Nc1cccc(C(C)=O)c1. The number of anilines is 1. The number of rotatable bonds is 5. The van der Waals surface area contributed by atoms with Gasteiger partial charge in [0.05, 0.1) is 0 Å². The first kappa shape index (κ1) is 12.8. The van der Waals surface area contributed by atoms with Crippen LogP contribution in [0.3, 0.4) is 0 Å². The Labute approximate surface area is 99.6 Å². The molecule has 1 aromatic rings. The first-order chi connectivity index (χ1) is 7.63. The molecule has 0 atom stereocenters. The van der Waals surface area contributed by atoms with E-state index < -0.39 is 0 Å². The van der Waals surface area contributed by atoms with E-state index in [0.29, 0.717) is 17.7 Å². The van der Waals surface area contributed by atoms with E-state index in [-0.39, 0.29) is 11.7 Å². The highest BCUT2D eigenvalue weighted by Gasteiger charge is 2.04. The van der Waals surface area contributed by atoms with Crippen molar-refractivity contribution < 1.29 is 9.59 Å². The maximum atomic E-state index is 11.4. The van der Waals surface area contributed by atoms with Gasteiger partial charge in [-0.15, -0.1) is 0 Å². The van der Waals surface area contributed by atoms with Crippen molar-refractivity contribution in [1.29, 1.82) is 0 Å². The zero-order valence-corrected chi connectivity index (χ0v) is 10.3. The van der Waals surface area contributed by atoms with Crippen LogP contribution in [0, 0.1) is 0 Å². The van der Waals surface area contributed by atoms with Crippen molar-refractivity contribution in [3.63, 3.8) is 0 Å². The third-order valence-corrected chi connectivity index (χ3v) is 2.70. The quantitative estimate of drug-likeness (QED) is 0.801. The maximum absolute atomic E-state index is 11.4. The van der Waals surface area contributed by atoms with Crippen molar-refractivity contribution in [2.45, 2.75) is 13.3 Å². The third-order valence-electron chi connectivity index (χ3n) is 2.09. The Morgan fingerprint density at radius 3 is 2.75 bits per heavy atom. The summed E-state index contributed by atoms with van der Waals surface area (Å²) in [6, 6.07) is 6.98. The minimum absolute atomic E-state index is 0.000197. The van der Waals surface area contributed by atoms with E-state index in [1.807, 2.05) is 6.26 Å². The lowest BCUT2D eigenvalue weighted by molar-refractivity contribution is -0.115. The van der Waals surface area contributed by atoms with Crippen LogP contribution in [0.15, 0.2) is 24.3 Å². The molecule has 1 amide bonds. The predicted octanol–water partition coefficient (Wildman–Crippen LogP) is 2.58. The number of carbonyl (C=O) groups excluding carboxylic acids is 2. The minimum Gasteiger partial charge on any atom is -0.326 e. The molecular formula is C12H15NO2S. The molecule has 0 radical (unpaired) electrons. The second-order valence-corrected chi connectivity index (χ2v) is 4.41. The Balaban J connectivity index is 2.63. The van der Waals surface area contributed by atoms with Gasteiger partial charge in [-0.05, 0) is 25.3 Å². The molecule has 0 spiro atoms. The molecule has 4 heteroatoms. The highest BCUT2D eigenvalue weighted by Crippen LogP contribution is 2.11. The second-order valence-electron chi connectivity index (χ2n) is 3.43. The summed E-state index contributed by atoms with van der Waals surface area (Å²) in [5.74, 6) is 0.786. The van der Waals surface area contributed by atoms with Crippen LogP contribution < -0.4 is 5.32 Å². The summed E-state index contributed by atoms with van der Waals surface area (Å²) in [6.45, 7) is 1.51. The summed E-state index contributed by atoms with van der Waals surface area (Å²) < 4.78 is 0. The highest BCUT2D eigenvalue weighted by atomic mass is 32.2. The number of hydrogen-bond acceptors (Lipinski definition) is 3. The molecule has 1 aromatic carbocycles. The molecule has 1 N–H and O–H groups in total. The van der Waals surface area contributed by atoms with Crippen molar-refractivity contribution in [2.24, 2.45) is 0 Å². The summed E-state index contributed by atoms with van der Waals surface area (Å²) in [6.07, 6.45) is 2.45. The minimum atomic E-state index is -0.0185. The Hall–Kier alpha value is -1.29. The van der Waals surface area contributed by atoms with Gasteiger partial charge in [0.25, 0.3) is 0 Å². The number of ketones is 1. The van der Waals surface area contributed by atoms with Crippen LogP contribution in [-0.2, 0) is 4.79 Å². The highest BCUT2D eigenvalue weighted by molar-refractivity contribution is 7.98. The van der Waals surface area contributed by atoms with Gasteiger partial charge in [-0.3, -0.25) is 9.59 Å². The van der Waals surface area contributed by atoms with Gasteiger partial charge in [-0.2, -0.15) is 11.8 Å². The molecule has 0 unspecified atom stereocenters. The fraction of sp³-hybridized carbons (Fsp3) is 0.333. The fourth-order valence-electron chi connectivity index (χ4n) is 1.23. The zero-order chi connectivity index (χ0) is 12.0. The smallest absolute Gasteiger partial charge is 0.225 e. The Kier molecular flexibility index (Phi) is 5.05. The Morgan fingerprint density at radius 1 is 1.38 bits per heavy atom. The van der Waals surface area contributed by atoms with Gasteiger partial charge in [0, 0.05) is 23.4 Å². The molecule has 0 saturated heterocycles. The van der Waals surface area contributed by atoms with E-state index in [9.17, 15) is 9.59 Å². The fourth-order valence-corrected chi connectivity index (χ4v) is 1.62. The molecule has 0 bridgehead atoms. The van der Waals surface area contributed by atoms with Gasteiger partial charge in [-0.1, -0.05) is 12.1 Å². The van der Waals surface area contributed by atoms with E-state index in [4.69, 9.17) is 0 Å². The number of hydrogen-bond donors (Lipinski definition) is 1. The molecule has 0 aromatic heterocycles. The summed E-state index contributed by atoms with van der Waals surface area (Å²) in [4.78, 5) is 22.6. The van der Waals surface area contributed by atoms with Crippen LogP contribution in [0.1, 0.15) is 23.7 Å². The standard InChI is InChI=1S/C12H15NO2S/c1-9(14)10-4-3-5-11(8-10)13-12(15)6-7-16-2/h3-5,8H,6-7H2,1-2H3,(H,13,15). The zero-order valence-electron chi connectivity index (χ0n) is 9.45. The lowest BCUT2D eigenvalue weighted by Gasteiger charge is -2.05. The van der Waals surface area contributed by atoms with Gasteiger partial charge in [0.15, 0.2) is 5.78 Å². The van der Waals surface area contributed by atoms with Crippen molar-refractivity contribution in [1.82, 2.24) is 0 Å². The molecule has 16 heavy (non-hydrogen) atoms. The average molecular weight is 237 g/mol. The molecule has 0 saturated carbocycles. The van der Waals surface area contributed by atoms with Crippen molar-refractivity contribution in [2.75, 3.05) is 17.3 Å². The Morgan fingerprint density at radius 2 is 2.12 bits per heavy atom. The first-order valence-electron chi connectivity index (χ1n) is 5.03. The largest absolute Gasteiger partial charge is 0.326 e. The number of carbonyl (C=O) groups is 2. The Bertz CT molecular complexity index is 390. The van der Waals surface area contributed by atoms with E-state index in [1.54, 1.807) is 36.0 Å². The molecule has 0 aliphatic heterocycles. The van der Waals surface area contributed by atoms with Crippen LogP contribution in [-0.4, -0.2) is 23.7 Å². The van der Waals surface area contributed by atoms with Gasteiger partial charge < -0.3 is 5.32 Å². The molecular weight excluding hydrogens is 222 g/mol. The van der Waals surface area contributed by atoms with Crippen molar-refractivity contribution >= 4 is 29.1 Å². The summed E-state index contributed by atoms with van der Waals surface area (Å²) in [7, 11) is 0. The average Bonchev–Trinajstić information content (AvgIpc) is 2.26. The van der Waals surface area contributed by atoms with Crippen LogP contribution in [0.25, 0.3) is 0 Å². The van der Waals surface area contributed by atoms with Crippen LogP contribution in [0.5, 0.6) is 0 Å². The number of nitrogens with one attached hydrogen (secondary N) is 1. The van der Waals surface area contributed by atoms with E-state index >= 15 is 0 Å². The molecule has 86 valence electrons. The van der Waals surface area contributed by atoms with Crippen LogP contribution >= 0.6 is 11.8 Å². The van der Waals surface area contributed by atoms with E-state index in [2.05, 4.69) is 5.32 Å². The summed E-state index contributed by atoms with van der Waals surface area (Å²) >= 11 is 1.63. The molecule has 0 fully saturated rings. The lowest BCUT2D eigenvalue weighted by atomic mass is 10.1. The van der Waals surface area contributed by atoms with Gasteiger partial charge in [0.2, 0.25) is 5.91 Å². The third kappa shape index (κ3) is 4.06. The number of thioether (sulfide) groups is 1. The molecule has 0 aliphatic rings. The molecule has 0 heterocycles. The number of amides is 1. The number of Topliss-reactive ketones (excluding diaryl/α,β-unsaturated/α-hetero) is 1. The lowest BCUT2D eigenvalue weighted by Crippen LogP contribution is -2.12. The summed E-state index contributed by atoms with van der Waals surface area (Å²) in [5.41, 5.74) is 1.29. The van der Waals surface area contributed by atoms with Crippen LogP contribution in [0.2, 0.25) is 0 Å². The summed E-state index contributed by atoms with van der Waals surface area (Å²) in [5, 5.41) is 2.77. The van der Waals surface area contributed by atoms with E-state index in [1.165, 1.54) is 6.92 Å². The molecule has 1 rings (SSSR count). The van der Waals surface area contributed by atoms with Crippen molar-refractivity contribution in [3.05, 3.63) is 29.8 Å². The normalized spacial score (nSPS) is 9.88. The first-order valence-corrected chi connectivity index (χ1v) is 6.42. The predicted molar refractivity (Wildman–Crippen MR) is 68.1 cm³/mol. The number of benzene rings is 1. The monoisotopic (exact) mass is 237 g/mol. The van der Waals surface area contributed by atoms with E-state index in [0.717, 1.165) is 5.75 Å².